The lowest BCUT2D eigenvalue weighted by molar-refractivity contribution is -0.153. The second-order valence-electron chi connectivity index (χ2n) is 4.74. The van der Waals surface area contributed by atoms with Crippen LogP contribution in [0.15, 0.2) is 30.3 Å². The van der Waals surface area contributed by atoms with Crippen LogP contribution in [-0.4, -0.2) is 25.7 Å². The van der Waals surface area contributed by atoms with Gasteiger partial charge in [-0.1, -0.05) is 18.2 Å². The standard InChI is InChI=1S/C15H18N2O2/c1-2-19-14(18)15(12-16)8-10-17(11-9-15)13-6-4-3-5-7-13/h3-7H,2,8-11H2,1H3. The number of piperidine rings is 1. The first-order chi connectivity index (χ1) is 9.22. The minimum absolute atomic E-state index is 0.324. The number of para-hydroxylation sites is 1. The lowest BCUT2D eigenvalue weighted by Crippen LogP contribution is -2.44. The number of nitriles is 1. The minimum atomic E-state index is -0.957. The molecule has 1 fully saturated rings. The highest BCUT2D eigenvalue weighted by Gasteiger charge is 2.43. The molecule has 0 spiro atoms. The molecule has 0 aromatic heterocycles. The van der Waals surface area contributed by atoms with Gasteiger partial charge in [0, 0.05) is 18.8 Å². The molecular weight excluding hydrogens is 240 g/mol. The maximum atomic E-state index is 11.9. The van der Waals surface area contributed by atoms with E-state index in [4.69, 9.17) is 4.74 Å². The number of anilines is 1. The van der Waals surface area contributed by atoms with Gasteiger partial charge in [0.15, 0.2) is 5.41 Å². The van der Waals surface area contributed by atoms with Crippen molar-refractivity contribution in [3.63, 3.8) is 0 Å². The normalized spacial score (nSPS) is 17.6. The summed E-state index contributed by atoms with van der Waals surface area (Å²) in [6.45, 7) is 3.50. The van der Waals surface area contributed by atoms with Gasteiger partial charge < -0.3 is 9.64 Å². The van der Waals surface area contributed by atoms with Gasteiger partial charge in [0.2, 0.25) is 0 Å². The average molecular weight is 258 g/mol. The van der Waals surface area contributed by atoms with Gasteiger partial charge in [-0.05, 0) is 31.9 Å². The van der Waals surface area contributed by atoms with Gasteiger partial charge in [-0.2, -0.15) is 5.26 Å². The molecule has 1 aromatic rings. The molecule has 4 nitrogen and oxygen atoms in total. The van der Waals surface area contributed by atoms with E-state index in [9.17, 15) is 10.1 Å². The van der Waals surface area contributed by atoms with E-state index in [1.165, 1.54) is 0 Å². The highest BCUT2D eigenvalue weighted by Crippen LogP contribution is 2.34. The first kappa shape index (κ1) is 13.4. The number of ether oxygens (including phenoxy) is 1. The summed E-state index contributed by atoms with van der Waals surface area (Å²) in [6, 6.07) is 12.2. The van der Waals surface area contributed by atoms with Crippen molar-refractivity contribution in [2.75, 3.05) is 24.6 Å². The lowest BCUT2D eigenvalue weighted by Gasteiger charge is -2.36. The van der Waals surface area contributed by atoms with E-state index in [1.54, 1.807) is 6.92 Å². The molecule has 100 valence electrons. The number of rotatable bonds is 3. The largest absolute Gasteiger partial charge is 0.465 e. The second-order valence-corrected chi connectivity index (χ2v) is 4.74. The second kappa shape index (κ2) is 5.75. The maximum absolute atomic E-state index is 11.9. The average Bonchev–Trinajstić information content (AvgIpc) is 2.48. The van der Waals surface area contributed by atoms with Crippen LogP contribution in [0.2, 0.25) is 0 Å². The molecule has 0 amide bonds. The molecule has 1 aliphatic rings. The summed E-state index contributed by atoms with van der Waals surface area (Å²) in [7, 11) is 0. The smallest absolute Gasteiger partial charge is 0.326 e. The molecule has 0 unspecified atom stereocenters. The van der Waals surface area contributed by atoms with Gasteiger partial charge in [0.05, 0.1) is 12.7 Å². The fourth-order valence-corrected chi connectivity index (χ4v) is 2.42. The van der Waals surface area contributed by atoms with Gasteiger partial charge >= 0.3 is 5.97 Å². The number of benzene rings is 1. The summed E-state index contributed by atoms with van der Waals surface area (Å²) >= 11 is 0. The molecule has 0 bridgehead atoms. The van der Waals surface area contributed by atoms with Gasteiger partial charge in [0.1, 0.15) is 0 Å². The third kappa shape index (κ3) is 2.70. The molecular formula is C15H18N2O2. The van der Waals surface area contributed by atoms with Crippen LogP contribution in [-0.2, 0) is 9.53 Å². The van der Waals surface area contributed by atoms with Crippen LogP contribution >= 0.6 is 0 Å². The number of hydrogen-bond acceptors (Lipinski definition) is 4. The number of carbonyl (C=O) groups excluding carboxylic acids is 1. The van der Waals surface area contributed by atoms with E-state index in [0.717, 1.165) is 5.69 Å². The molecule has 1 saturated heterocycles. The van der Waals surface area contributed by atoms with Crippen molar-refractivity contribution < 1.29 is 9.53 Å². The molecule has 1 heterocycles. The Balaban J connectivity index is 2.05. The Morgan fingerprint density at radius 1 is 1.37 bits per heavy atom. The Hall–Kier alpha value is -2.02. The van der Waals surface area contributed by atoms with E-state index < -0.39 is 5.41 Å². The monoisotopic (exact) mass is 258 g/mol. The summed E-state index contributed by atoms with van der Waals surface area (Å²) in [5.41, 5.74) is 0.180. The Morgan fingerprint density at radius 3 is 2.53 bits per heavy atom. The van der Waals surface area contributed by atoms with E-state index in [0.29, 0.717) is 32.5 Å². The van der Waals surface area contributed by atoms with Crippen molar-refractivity contribution in [2.24, 2.45) is 5.41 Å². The van der Waals surface area contributed by atoms with Crippen molar-refractivity contribution in [1.29, 1.82) is 5.26 Å². The van der Waals surface area contributed by atoms with E-state index in [2.05, 4.69) is 11.0 Å². The Morgan fingerprint density at radius 2 is 2.00 bits per heavy atom. The molecule has 4 heteroatoms. The van der Waals surface area contributed by atoms with Crippen LogP contribution in [0, 0.1) is 16.7 Å². The first-order valence-corrected chi connectivity index (χ1v) is 6.60. The van der Waals surface area contributed by atoms with Gasteiger partial charge in [-0.15, -0.1) is 0 Å². The van der Waals surface area contributed by atoms with Crippen molar-refractivity contribution in [2.45, 2.75) is 19.8 Å². The topological polar surface area (TPSA) is 53.3 Å². The number of carbonyl (C=O) groups is 1. The predicted molar refractivity (Wildman–Crippen MR) is 72.6 cm³/mol. The quantitative estimate of drug-likeness (QED) is 0.781. The zero-order valence-corrected chi connectivity index (χ0v) is 11.1. The van der Waals surface area contributed by atoms with Crippen LogP contribution in [0.25, 0.3) is 0 Å². The molecule has 1 aromatic carbocycles. The van der Waals surface area contributed by atoms with Crippen LogP contribution in [0.3, 0.4) is 0 Å². The number of nitrogens with zero attached hydrogens (tertiary/aromatic N) is 2. The predicted octanol–water partition coefficient (Wildman–Crippen LogP) is 2.36. The summed E-state index contributed by atoms with van der Waals surface area (Å²) in [4.78, 5) is 14.1. The molecule has 0 saturated carbocycles. The van der Waals surface area contributed by atoms with Crippen LogP contribution < -0.4 is 4.90 Å². The third-order valence-electron chi connectivity index (χ3n) is 3.62. The van der Waals surface area contributed by atoms with Crippen LogP contribution in [0.4, 0.5) is 5.69 Å². The van der Waals surface area contributed by atoms with Crippen molar-refractivity contribution in [3.05, 3.63) is 30.3 Å². The van der Waals surface area contributed by atoms with E-state index in [-0.39, 0.29) is 5.97 Å². The van der Waals surface area contributed by atoms with E-state index >= 15 is 0 Å². The zero-order valence-electron chi connectivity index (χ0n) is 11.1. The molecule has 0 radical (unpaired) electrons. The van der Waals surface area contributed by atoms with Crippen LogP contribution in [0.1, 0.15) is 19.8 Å². The minimum Gasteiger partial charge on any atom is -0.465 e. The molecule has 2 rings (SSSR count). The zero-order chi connectivity index (χ0) is 13.7. The van der Waals surface area contributed by atoms with Gasteiger partial charge in [-0.25, -0.2) is 0 Å². The van der Waals surface area contributed by atoms with E-state index in [1.807, 2.05) is 30.3 Å². The molecule has 1 aliphatic heterocycles. The summed E-state index contributed by atoms with van der Waals surface area (Å²) < 4.78 is 5.04. The fraction of sp³-hybridized carbons (Fsp3) is 0.467. The Labute approximate surface area is 113 Å². The summed E-state index contributed by atoms with van der Waals surface area (Å²) in [5.74, 6) is -0.370. The number of esters is 1. The number of hydrogen-bond donors (Lipinski definition) is 0. The van der Waals surface area contributed by atoms with Crippen molar-refractivity contribution in [1.82, 2.24) is 0 Å². The molecule has 0 aliphatic carbocycles. The fourth-order valence-electron chi connectivity index (χ4n) is 2.42. The SMILES string of the molecule is CCOC(=O)C1(C#N)CCN(c2ccccc2)CC1. The van der Waals surface area contributed by atoms with Gasteiger partial charge in [-0.3, -0.25) is 4.79 Å². The lowest BCUT2D eigenvalue weighted by atomic mass is 9.79. The van der Waals surface area contributed by atoms with Crippen molar-refractivity contribution >= 4 is 11.7 Å². The first-order valence-electron chi connectivity index (χ1n) is 6.60. The Kier molecular flexibility index (Phi) is 4.06. The molecule has 0 atom stereocenters. The van der Waals surface area contributed by atoms with Gasteiger partial charge in [0.25, 0.3) is 0 Å². The molecule has 19 heavy (non-hydrogen) atoms. The highest BCUT2D eigenvalue weighted by molar-refractivity contribution is 5.80. The Bertz CT molecular complexity index is 471. The molecule has 0 N–H and O–H groups in total. The summed E-state index contributed by atoms with van der Waals surface area (Å²) in [5, 5.41) is 9.33. The van der Waals surface area contributed by atoms with Crippen LogP contribution in [0.5, 0.6) is 0 Å². The summed E-state index contributed by atoms with van der Waals surface area (Å²) in [6.07, 6.45) is 1.05. The van der Waals surface area contributed by atoms with Crippen molar-refractivity contribution in [3.8, 4) is 6.07 Å². The highest BCUT2D eigenvalue weighted by atomic mass is 16.5. The maximum Gasteiger partial charge on any atom is 0.326 e. The third-order valence-corrected chi connectivity index (χ3v) is 3.62.